The van der Waals surface area contributed by atoms with E-state index in [4.69, 9.17) is 0 Å². The number of nitrogens with zero attached hydrogens (tertiary/aromatic N) is 1. The van der Waals surface area contributed by atoms with E-state index in [0.717, 1.165) is 34.1 Å². The lowest BCUT2D eigenvalue weighted by Crippen LogP contribution is -2.42. The van der Waals surface area contributed by atoms with Gasteiger partial charge in [-0.15, -0.1) is 0 Å². The second-order valence-electron chi connectivity index (χ2n) is 7.67. The van der Waals surface area contributed by atoms with Crippen molar-refractivity contribution in [3.05, 3.63) is 47.5 Å². The van der Waals surface area contributed by atoms with Crippen LogP contribution < -0.4 is 0 Å². The molecule has 0 bridgehead atoms. The molecule has 0 heterocycles. The molecule has 0 aliphatic carbocycles. The Balaban J connectivity index is 2.15. The first kappa shape index (κ1) is 23.5. The largest absolute Gasteiger partial charge is 0.465 e. The van der Waals surface area contributed by atoms with Crippen LogP contribution in [0.5, 0.6) is 0 Å². The molecule has 1 amide bonds. The SMILES string of the molecule is CCCCCCCCC#Cc1ccc2cccc(C(=O)C(C)N(CC)C(=O)O)c2c1. The summed E-state index contributed by atoms with van der Waals surface area (Å²) in [5.74, 6) is 6.28. The zero-order valence-electron chi connectivity index (χ0n) is 18.4. The summed E-state index contributed by atoms with van der Waals surface area (Å²) in [5, 5.41) is 11.1. The van der Waals surface area contributed by atoms with E-state index in [2.05, 4.69) is 18.8 Å². The Morgan fingerprint density at radius 2 is 1.77 bits per heavy atom. The highest BCUT2D eigenvalue weighted by Crippen LogP contribution is 2.23. The van der Waals surface area contributed by atoms with Gasteiger partial charge in [0.2, 0.25) is 0 Å². The average molecular weight is 408 g/mol. The van der Waals surface area contributed by atoms with E-state index in [-0.39, 0.29) is 12.3 Å². The Morgan fingerprint density at radius 1 is 1.03 bits per heavy atom. The van der Waals surface area contributed by atoms with Crippen LogP contribution >= 0.6 is 0 Å². The number of Topliss-reactive ketones (excluding diaryl/α,β-unsaturated/α-hetero) is 1. The fourth-order valence-electron chi connectivity index (χ4n) is 3.66. The van der Waals surface area contributed by atoms with Gasteiger partial charge in [-0.05, 0) is 43.2 Å². The molecule has 4 heteroatoms. The molecule has 0 radical (unpaired) electrons. The van der Waals surface area contributed by atoms with Gasteiger partial charge in [0, 0.05) is 24.1 Å². The Kier molecular flexibility index (Phi) is 9.41. The Morgan fingerprint density at radius 3 is 2.47 bits per heavy atom. The van der Waals surface area contributed by atoms with Crippen molar-refractivity contribution in [1.82, 2.24) is 4.90 Å². The van der Waals surface area contributed by atoms with Gasteiger partial charge in [-0.1, -0.05) is 75.1 Å². The van der Waals surface area contributed by atoms with Crippen LogP contribution in [0.15, 0.2) is 36.4 Å². The van der Waals surface area contributed by atoms with Crippen LogP contribution in [-0.4, -0.2) is 34.5 Å². The molecule has 4 nitrogen and oxygen atoms in total. The van der Waals surface area contributed by atoms with Gasteiger partial charge in [-0.25, -0.2) is 4.79 Å². The van der Waals surface area contributed by atoms with Crippen LogP contribution in [0.2, 0.25) is 0 Å². The van der Waals surface area contributed by atoms with Crippen molar-refractivity contribution in [2.45, 2.75) is 71.8 Å². The molecule has 0 fully saturated rings. The van der Waals surface area contributed by atoms with Crippen LogP contribution in [0.4, 0.5) is 4.79 Å². The number of hydrogen-bond acceptors (Lipinski definition) is 2. The monoisotopic (exact) mass is 407 g/mol. The summed E-state index contributed by atoms with van der Waals surface area (Å²) in [5.41, 5.74) is 1.42. The minimum Gasteiger partial charge on any atom is -0.465 e. The molecule has 1 atom stereocenters. The van der Waals surface area contributed by atoms with Gasteiger partial charge in [0.1, 0.15) is 0 Å². The summed E-state index contributed by atoms with van der Waals surface area (Å²) in [6.45, 7) is 5.87. The maximum absolute atomic E-state index is 13.0. The zero-order valence-corrected chi connectivity index (χ0v) is 18.4. The molecule has 2 aromatic carbocycles. The number of carbonyl (C=O) groups is 2. The van der Waals surface area contributed by atoms with Crippen molar-refractivity contribution >= 4 is 22.6 Å². The maximum atomic E-state index is 13.0. The van der Waals surface area contributed by atoms with Gasteiger partial charge >= 0.3 is 6.09 Å². The van der Waals surface area contributed by atoms with E-state index in [9.17, 15) is 14.7 Å². The first-order valence-corrected chi connectivity index (χ1v) is 11.0. The highest BCUT2D eigenvalue weighted by Gasteiger charge is 2.26. The topological polar surface area (TPSA) is 57.6 Å². The molecule has 0 aliphatic rings. The van der Waals surface area contributed by atoms with Gasteiger partial charge in [-0.2, -0.15) is 0 Å². The van der Waals surface area contributed by atoms with Gasteiger partial charge < -0.3 is 5.11 Å². The van der Waals surface area contributed by atoms with Crippen LogP contribution in [0.1, 0.15) is 81.6 Å². The number of unbranched alkanes of at least 4 members (excludes halogenated alkanes) is 6. The predicted octanol–water partition coefficient (Wildman–Crippen LogP) is 6.51. The van der Waals surface area contributed by atoms with Crippen molar-refractivity contribution in [3.8, 4) is 11.8 Å². The normalized spacial score (nSPS) is 11.6. The summed E-state index contributed by atoms with van der Waals surface area (Å²) in [6, 6.07) is 10.7. The molecule has 0 saturated carbocycles. The second kappa shape index (κ2) is 12.0. The minimum atomic E-state index is -1.08. The number of benzene rings is 2. The van der Waals surface area contributed by atoms with E-state index >= 15 is 0 Å². The lowest BCUT2D eigenvalue weighted by molar-refractivity contribution is 0.0818. The quantitative estimate of drug-likeness (QED) is 0.277. The molecule has 1 unspecified atom stereocenters. The van der Waals surface area contributed by atoms with Crippen molar-refractivity contribution < 1.29 is 14.7 Å². The van der Waals surface area contributed by atoms with Gasteiger partial charge in [-0.3, -0.25) is 9.69 Å². The standard InChI is InChI=1S/C26H33NO3/c1-4-6-7-8-9-10-11-12-14-21-17-18-22-15-13-16-23(24(22)19-21)25(28)20(3)27(5-2)26(29)30/h13,15-20H,4-11H2,1-3H3,(H,29,30). The molecule has 0 aromatic heterocycles. The third-order valence-electron chi connectivity index (χ3n) is 5.47. The van der Waals surface area contributed by atoms with Crippen LogP contribution in [0.3, 0.4) is 0 Å². The van der Waals surface area contributed by atoms with Crippen LogP contribution in [-0.2, 0) is 0 Å². The van der Waals surface area contributed by atoms with Crippen molar-refractivity contribution in [2.75, 3.05) is 6.54 Å². The molecule has 0 spiro atoms. The molecule has 2 aromatic rings. The van der Waals surface area contributed by atoms with E-state index < -0.39 is 12.1 Å². The van der Waals surface area contributed by atoms with Crippen molar-refractivity contribution in [1.29, 1.82) is 0 Å². The smallest absolute Gasteiger partial charge is 0.407 e. The first-order chi connectivity index (χ1) is 14.5. The minimum absolute atomic E-state index is 0.193. The third-order valence-corrected chi connectivity index (χ3v) is 5.47. The lowest BCUT2D eigenvalue weighted by Gasteiger charge is -2.24. The van der Waals surface area contributed by atoms with Gasteiger partial charge in [0.05, 0.1) is 6.04 Å². The highest BCUT2D eigenvalue weighted by molar-refractivity contribution is 6.11. The molecule has 30 heavy (non-hydrogen) atoms. The summed E-state index contributed by atoms with van der Waals surface area (Å²) in [7, 11) is 0. The Bertz CT molecular complexity index is 923. The predicted molar refractivity (Wildman–Crippen MR) is 123 cm³/mol. The summed E-state index contributed by atoms with van der Waals surface area (Å²) in [6.07, 6.45) is 7.30. The number of carboxylic acid groups (broad SMARTS) is 1. The Labute approximate surface area is 180 Å². The summed E-state index contributed by atoms with van der Waals surface area (Å²) < 4.78 is 0. The molecule has 2 rings (SSSR count). The fraction of sp³-hybridized carbons (Fsp3) is 0.462. The Hall–Kier alpha value is -2.80. The number of likely N-dealkylation sites (N-methyl/N-ethyl adjacent to an activating group) is 1. The summed E-state index contributed by atoms with van der Waals surface area (Å²) in [4.78, 5) is 25.6. The van der Waals surface area contributed by atoms with Gasteiger partial charge in [0.15, 0.2) is 5.78 Å². The average Bonchev–Trinajstić information content (AvgIpc) is 2.74. The van der Waals surface area contributed by atoms with Crippen molar-refractivity contribution in [3.63, 3.8) is 0 Å². The molecular weight excluding hydrogens is 374 g/mol. The molecule has 0 saturated heterocycles. The van der Waals surface area contributed by atoms with Crippen LogP contribution in [0, 0.1) is 11.8 Å². The number of amides is 1. The van der Waals surface area contributed by atoms with E-state index in [1.807, 2.05) is 30.3 Å². The lowest BCUT2D eigenvalue weighted by atomic mass is 9.96. The number of ketones is 1. The highest BCUT2D eigenvalue weighted by atomic mass is 16.4. The van der Waals surface area contributed by atoms with E-state index in [1.54, 1.807) is 19.9 Å². The number of carbonyl (C=O) groups excluding carboxylic acids is 1. The first-order valence-electron chi connectivity index (χ1n) is 11.0. The fourth-order valence-corrected chi connectivity index (χ4v) is 3.66. The maximum Gasteiger partial charge on any atom is 0.407 e. The van der Waals surface area contributed by atoms with E-state index in [0.29, 0.717) is 5.56 Å². The molecule has 1 N–H and O–H groups in total. The second-order valence-corrected chi connectivity index (χ2v) is 7.67. The number of rotatable bonds is 10. The number of fused-ring (bicyclic) bond motifs is 1. The molecule has 0 aliphatic heterocycles. The molecule has 160 valence electrons. The zero-order chi connectivity index (χ0) is 21.9. The van der Waals surface area contributed by atoms with Crippen LogP contribution in [0.25, 0.3) is 10.8 Å². The van der Waals surface area contributed by atoms with E-state index in [1.165, 1.54) is 32.1 Å². The van der Waals surface area contributed by atoms with Gasteiger partial charge in [0.25, 0.3) is 0 Å². The summed E-state index contributed by atoms with van der Waals surface area (Å²) >= 11 is 0. The number of hydrogen-bond donors (Lipinski definition) is 1. The molecular formula is C26H33NO3. The third kappa shape index (κ3) is 6.35. The van der Waals surface area contributed by atoms with Crippen molar-refractivity contribution in [2.24, 2.45) is 0 Å².